The van der Waals surface area contributed by atoms with E-state index in [-0.39, 0.29) is 5.02 Å². The fraction of sp³-hybridized carbons (Fsp3) is 0. The molecule has 3 nitrogen and oxygen atoms in total. The number of hydrogen-bond donors (Lipinski definition) is 1. The van der Waals surface area contributed by atoms with Crippen LogP contribution in [0.2, 0.25) is 5.02 Å². The number of hydrogen-bond acceptors (Lipinski definition) is 3. The molecule has 0 spiro atoms. The van der Waals surface area contributed by atoms with Crippen LogP contribution in [0, 0.1) is 0 Å². The predicted octanol–water partition coefficient (Wildman–Crippen LogP) is 1.70. The van der Waals surface area contributed by atoms with Gasteiger partial charge in [0, 0.05) is 6.07 Å². The Balaban J connectivity index is 3.33. The summed E-state index contributed by atoms with van der Waals surface area (Å²) in [4.78, 5) is -0.607. The highest BCUT2D eigenvalue weighted by atomic mass is 35.5. The van der Waals surface area contributed by atoms with E-state index in [2.05, 4.69) is 0 Å². The van der Waals surface area contributed by atoms with Gasteiger partial charge in [-0.2, -0.15) is 8.42 Å². The van der Waals surface area contributed by atoms with E-state index in [0.717, 1.165) is 18.2 Å². The van der Waals surface area contributed by atoms with Gasteiger partial charge in [-0.15, -0.1) is 3.89 Å². The van der Waals surface area contributed by atoms with Gasteiger partial charge in [0.05, 0.1) is 5.02 Å². The molecule has 0 atom stereocenters. The number of benzene rings is 1. The zero-order chi connectivity index (χ0) is 9.35. The van der Waals surface area contributed by atoms with Gasteiger partial charge in [-0.1, -0.05) is 11.6 Å². The molecule has 6 heteroatoms. The van der Waals surface area contributed by atoms with E-state index in [0.29, 0.717) is 0 Å². The first-order valence-electron chi connectivity index (χ1n) is 2.84. The summed E-state index contributed by atoms with van der Waals surface area (Å²) in [6, 6.07) is 2.82. The lowest BCUT2D eigenvalue weighted by Crippen LogP contribution is -1.90. The van der Waals surface area contributed by atoms with Gasteiger partial charge in [0.25, 0.3) is 0 Å². The summed E-state index contributed by atoms with van der Waals surface area (Å²) < 4.78 is 32.8. The first-order chi connectivity index (χ1) is 5.41. The van der Waals surface area contributed by atoms with Gasteiger partial charge in [0.15, 0.2) is 0 Å². The molecule has 0 aromatic heterocycles. The average Bonchev–Trinajstić information content (AvgIpc) is 1.92. The van der Waals surface area contributed by atoms with E-state index in [1.807, 2.05) is 0 Å². The lowest BCUT2D eigenvalue weighted by Gasteiger charge is -1.97. The van der Waals surface area contributed by atoms with Crippen molar-refractivity contribution in [3.8, 4) is 5.75 Å². The molecule has 0 aliphatic carbocycles. The van der Waals surface area contributed by atoms with Crippen molar-refractivity contribution in [2.24, 2.45) is 0 Å². The van der Waals surface area contributed by atoms with Crippen molar-refractivity contribution in [2.45, 2.75) is 4.90 Å². The Morgan fingerprint density at radius 3 is 2.42 bits per heavy atom. The molecule has 0 saturated heterocycles. The van der Waals surface area contributed by atoms with Gasteiger partial charge in [0.1, 0.15) is 10.6 Å². The third-order valence-electron chi connectivity index (χ3n) is 1.20. The molecule has 0 heterocycles. The van der Waals surface area contributed by atoms with E-state index in [1.165, 1.54) is 0 Å². The summed E-state index contributed by atoms with van der Waals surface area (Å²) in [5, 5.41) is 8.87. The van der Waals surface area contributed by atoms with Crippen LogP contribution in [-0.2, 0) is 10.2 Å². The minimum Gasteiger partial charge on any atom is -0.506 e. The maximum atomic E-state index is 12.3. The zero-order valence-electron chi connectivity index (χ0n) is 5.66. The van der Waals surface area contributed by atoms with Crippen LogP contribution < -0.4 is 0 Å². The van der Waals surface area contributed by atoms with Gasteiger partial charge in [-0.05, 0) is 12.1 Å². The smallest absolute Gasteiger partial charge is 0.332 e. The molecule has 0 aliphatic heterocycles. The Morgan fingerprint density at radius 2 is 2.00 bits per heavy atom. The Hall–Kier alpha value is -0.810. The van der Waals surface area contributed by atoms with Crippen LogP contribution >= 0.6 is 11.6 Å². The Bertz CT molecular complexity index is 401. The Kier molecular flexibility index (Phi) is 2.25. The molecule has 1 aromatic carbocycles. The molecule has 0 fully saturated rings. The molecule has 66 valence electrons. The molecule has 0 amide bonds. The van der Waals surface area contributed by atoms with Gasteiger partial charge < -0.3 is 5.11 Å². The Morgan fingerprint density at radius 1 is 1.42 bits per heavy atom. The van der Waals surface area contributed by atoms with E-state index < -0.39 is 20.9 Å². The summed E-state index contributed by atoms with van der Waals surface area (Å²) in [6.07, 6.45) is 0. The van der Waals surface area contributed by atoms with Crippen LogP contribution in [-0.4, -0.2) is 13.5 Å². The second kappa shape index (κ2) is 2.91. The summed E-state index contributed by atoms with van der Waals surface area (Å²) in [7, 11) is -4.76. The van der Waals surface area contributed by atoms with Crippen LogP contribution in [0.5, 0.6) is 5.75 Å². The highest BCUT2D eigenvalue weighted by molar-refractivity contribution is 7.86. The van der Waals surface area contributed by atoms with Crippen LogP contribution in [0.25, 0.3) is 0 Å². The van der Waals surface area contributed by atoms with E-state index >= 15 is 0 Å². The van der Waals surface area contributed by atoms with Gasteiger partial charge in [-0.3, -0.25) is 0 Å². The van der Waals surface area contributed by atoms with Gasteiger partial charge >= 0.3 is 10.2 Å². The van der Waals surface area contributed by atoms with Crippen molar-refractivity contribution in [1.29, 1.82) is 0 Å². The van der Waals surface area contributed by atoms with Gasteiger partial charge in [0.2, 0.25) is 0 Å². The summed E-state index contributed by atoms with van der Waals surface area (Å²) in [5.41, 5.74) is 0. The van der Waals surface area contributed by atoms with Crippen molar-refractivity contribution in [3.63, 3.8) is 0 Å². The standard InChI is InChI=1S/C6H4ClFO3S/c7-5-2-1-4(3-6(5)9)12(8,10)11/h1-3,9H. The van der Waals surface area contributed by atoms with Crippen LogP contribution in [0.1, 0.15) is 0 Å². The summed E-state index contributed by atoms with van der Waals surface area (Å²) >= 11 is 5.36. The first-order valence-corrected chi connectivity index (χ1v) is 4.60. The molecule has 1 rings (SSSR count). The predicted molar refractivity (Wildman–Crippen MR) is 41.4 cm³/mol. The highest BCUT2D eigenvalue weighted by Gasteiger charge is 2.13. The molecule has 0 radical (unpaired) electrons. The summed E-state index contributed by atoms with van der Waals surface area (Å²) in [6.45, 7) is 0. The monoisotopic (exact) mass is 210 g/mol. The molecule has 1 aromatic rings. The maximum absolute atomic E-state index is 12.3. The third kappa shape index (κ3) is 1.86. The average molecular weight is 211 g/mol. The fourth-order valence-corrected chi connectivity index (χ4v) is 1.24. The molecular formula is C6H4ClFO3S. The van der Waals surface area contributed by atoms with Gasteiger partial charge in [-0.25, -0.2) is 0 Å². The lowest BCUT2D eigenvalue weighted by molar-refractivity contribution is 0.472. The van der Waals surface area contributed by atoms with E-state index in [9.17, 15) is 12.3 Å². The van der Waals surface area contributed by atoms with Crippen molar-refractivity contribution >= 4 is 21.8 Å². The summed E-state index contributed by atoms with van der Waals surface area (Å²) in [5.74, 6) is -0.463. The molecular weight excluding hydrogens is 207 g/mol. The second-order valence-corrected chi connectivity index (χ2v) is 3.81. The Labute approximate surface area is 73.6 Å². The number of aromatic hydroxyl groups is 1. The van der Waals surface area contributed by atoms with Crippen molar-refractivity contribution < 1.29 is 17.4 Å². The lowest BCUT2D eigenvalue weighted by atomic mass is 10.3. The SMILES string of the molecule is O=S(=O)(F)c1ccc(Cl)c(O)c1. The number of halogens is 2. The van der Waals surface area contributed by atoms with Crippen molar-refractivity contribution in [1.82, 2.24) is 0 Å². The minimum absolute atomic E-state index is 0.0256. The molecule has 0 unspecified atom stereocenters. The molecule has 12 heavy (non-hydrogen) atoms. The topological polar surface area (TPSA) is 54.4 Å². The van der Waals surface area contributed by atoms with Crippen LogP contribution in [0.15, 0.2) is 23.1 Å². The van der Waals surface area contributed by atoms with E-state index in [4.69, 9.17) is 16.7 Å². The van der Waals surface area contributed by atoms with E-state index in [1.54, 1.807) is 0 Å². The second-order valence-electron chi connectivity index (χ2n) is 2.05. The van der Waals surface area contributed by atoms with Crippen molar-refractivity contribution in [2.75, 3.05) is 0 Å². The van der Waals surface area contributed by atoms with Crippen molar-refractivity contribution in [3.05, 3.63) is 23.2 Å². The minimum atomic E-state index is -4.76. The first kappa shape index (κ1) is 9.28. The largest absolute Gasteiger partial charge is 0.506 e. The fourth-order valence-electron chi connectivity index (χ4n) is 0.644. The highest BCUT2D eigenvalue weighted by Crippen LogP contribution is 2.26. The molecule has 0 bridgehead atoms. The maximum Gasteiger partial charge on any atom is 0.332 e. The number of phenols is 1. The normalized spacial score (nSPS) is 11.5. The zero-order valence-corrected chi connectivity index (χ0v) is 7.23. The molecule has 0 aliphatic rings. The van der Waals surface area contributed by atoms with Crippen LogP contribution in [0.4, 0.5) is 3.89 Å². The number of rotatable bonds is 1. The third-order valence-corrected chi connectivity index (χ3v) is 2.34. The quantitative estimate of drug-likeness (QED) is 0.718. The van der Waals surface area contributed by atoms with Crippen LogP contribution in [0.3, 0.4) is 0 Å². The number of phenolic OH excluding ortho intramolecular Hbond substituents is 1. The molecule has 1 N–H and O–H groups in total. The molecule has 0 saturated carbocycles.